The molecule has 74 valence electrons. The second kappa shape index (κ2) is 5.94. The molecule has 0 bridgehead atoms. The molecule has 0 fully saturated rings. The van der Waals surface area contributed by atoms with E-state index < -0.39 is 0 Å². The predicted molar refractivity (Wildman–Crippen MR) is 67.6 cm³/mol. The molecule has 0 aliphatic carbocycles. The van der Waals surface area contributed by atoms with Gasteiger partial charge in [-0.2, -0.15) is 0 Å². The van der Waals surface area contributed by atoms with Gasteiger partial charge in [-0.1, -0.05) is 30.3 Å². The standard InChI is InChI=1S/C11H11BrOS/c1-2-13-11(14)10(12)8-9-6-4-3-5-7-9/h3-8H,2H2,1H3. The largest absolute Gasteiger partial charge is 0.483 e. The van der Waals surface area contributed by atoms with Crippen LogP contribution in [0.5, 0.6) is 0 Å². The lowest BCUT2D eigenvalue weighted by Gasteiger charge is -2.03. The fraction of sp³-hybridized carbons (Fsp3) is 0.182. The van der Waals surface area contributed by atoms with E-state index >= 15 is 0 Å². The van der Waals surface area contributed by atoms with Crippen LogP contribution in [0.4, 0.5) is 0 Å². The number of benzene rings is 1. The highest BCUT2D eigenvalue weighted by molar-refractivity contribution is 9.12. The van der Waals surface area contributed by atoms with E-state index in [-0.39, 0.29) is 0 Å². The van der Waals surface area contributed by atoms with E-state index in [2.05, 4.69) is 15.9 Å². The average molecular weight is 271 g/mol. The summed E-state index contributed by atoms with van der Waals surface area (Å²) in [6, 6.07) is 9.96. The normalized spacial score (nSPS) is 11.1. The molecule has 0 heterocycles. The first-order chi connectivity index (χ1) is 6.74. The van der Waals surface area contributed by atoms with Gasteiger partial charge in [0.05, 0.1) is 11.1 Å². The van der Waals surface area contributed by atoms with Crippen molar-refractivity contribution in [3.63, 3.8) is 0 Å². The third kappa shape index (κ3) is 3.60. The summed E-state index contributed by atoms with van der Waals surface area (Å²) in [5.74, 6) is 0. The maximum Gasteiger partial charge on any atom is 0.198 e. The highest BCUT2D eigenvalue weighted by atomic mass is 79.9. The van der Waals surface area contributed by atoms with E-state index in [0.717, 1.165) is 10.0 Å². The zero-order valence-electron chi connectivity index (χ0n) is 7.87. The summed E-state index contributed by atoms with van der Waals surface area (Å²) in [5, 5.41) is 0.497. The van der Waals surface area contributed by atoms with Crippen LogP contribution in [0.1, 0.15) is 12.5 Å². The summed E-state index contributed by atoms with van der Waals surface area (Å²) < 4.78 is 6.00. The number of hydrogen-bond acceptors (Lipinski definition) is 2. The molecule has 1 rings (SSSR count). The fourth-order valence-electron chi connectivity index (χ4n) is 0.955. The van der Waals surface area contributed by atoms with Gasteiger partial charge in [0.2, 0.25) is 0 Å². The van der Waals surface area contributed by atoms with Crippen LogP contribution in [0.2, 0.25) is 0 Å². The molecule has 1 aromatic rings. The number of ether oxygens (including phenoxy) is 1. The Morgan fingerprint density at radius 3 is 2.64 bits per heavy atom. The second-order valence-electron chi connectivity index (χ2n) is 2.62. The molecule has 0 amide bonds. The summed E-state index contributed by atoms with van der Waals surface area (Å²) in [4.78, 5) is 0. The SMILES string of the molecule is CCOC(=S)C(Br)=Cc1ccccc1. The third-order valence-electron chi connectivity index (χ3n) is 1.56. The Kier molecular flexibility index (Phi) is 4.84. The first-order valence-electron chi connectivity index (χ1n) is 4.33. The first kappa shape index (κ1) is 11.4. The lowest BCUT2D eigenvalue weighted by Crippen LogP contribution is -2.00. The van der Waals surface area contributed by atoms with Gasteiger partial charge < -0.3 is 4.74 Å². The van der Waals surface area contributed by atoms with Gasteiger partial charge in [-0.05, 0) is 46.7 Å². The first-order valence-corrected chi connectivity index (χ1v) is 5.53. The fourth-order valence-corrected chi connectivity index (χ4v) is 1.51. The zero-order chi connectivity index (χ0) is 10.4. The van der Waals surface area contributed by atoms with Crippen LogP contribution in [0.15, 0.2) is 34.8 Å². The van der Waals surface area contributed by atoms with Crippen LogP contribution < -0.4 is 0 Å². The van der Waals surface area contributed by atoms with Crippen LogP contribution in [0.3, 0.4) is 0 Å². The number of hydrogen-bond donors (Lipinski definition) is 0. The van der Waals surface area contributed by atoms with E-state index in [1.54, 1.807) is 0 Å². The van der Waals surface area contributed by atoms with Crippen molar-refractivity contribution in [1.82, 2.24) is 0 Å². The predicted octanol–water partition coefficient (Wildman–Crippen LogP) is 3.79. The molecule has 0 atom stereocenters. The number of halogens is 1. The molecule has 3 heteroatoms. The van der Waals surface area contributed by atoms with Gasteiger partial charge in [0.25, 0.3) is 0 Å². The molecule has 0 saturated carbocycles. The minimum absolute atomic E-state index is 0.497. The quantitative estimate of drug-likeness (QED) is 0.611. The topological polar surface area (TPSA) is 9.23 Å². The minimum atomic E-state index is 0.497. The van der Waals surface area contributed by atoms with E-state index in [1.165, 1.54) is 0 Å². The highest BCUT2D eigenvalue weighted by Crippen LogP contribution is 2.14. The van der Waals surface area contributed by atoms with Crippen molar-refractivity contribution in [3.8, 4) is 0 Å². The Hall–Kier alpha value is -0.670. The molecule has 0 unspecified atom stereocenters. The van der Waals surface area contributed by atoms with Gasteiger partial charge >= 0.3 is 0 Å². The van der Waals surface area contributed by atoms with Crippen molar-refractivity contribution in [3.05, 3.63) is 40.4 Å². The molecular formula is C11H11BrOS. The molecule has 0 aliphatic rings. The summed E-state index contributed by atoms with van der Waals surface area (Å²) >= 11 is 8.41. The van der Waals surface area contributed by atoms with Gasteiger partial charge in [-0.3, -0.25) is 0 Å². The van der Waals surface area contributed by atoms with Crippen molar-refractivity contribution in [1.29, 1.82) is 0 Å². The van der Waals surface area contributed by atoms with E-state index in [9.17, 15) is 0 Å². The van der Waals surface area contributed by atoms with Crippen molar-refractivity contribution in [2.24, 2.45) is 0 Å². The Balaban J connectivity index is 2.74. The maximum atomic E-state index is 5.19. The van der Waals surface area contributed by atoms with Crippen LogP contribution in [0, 0.1) is 0 Å². The van der Waals surface area contributed by atoms with Crippen LogP contribution in [0.25, 0.3) is 6.08 Å². The van der Waals surface area contributed by atoms with Crippen LogP contribution in [-0.2, 0) is 4.74 Å². The van der Waals surface area contributed by atoms with Gasteiger partial charge in [0.15, 0.2) is 5.05 Å². The molecule has 0 saturated heterocycles. The van der Waals surface area contributed by atoms with Crippen molar-refractivity contribution < 1.29 is 4.74 Å². The summed E-state index contributed by atoms with van der Waals surface area (Å²) in [6.45, 7) is 2.51. The molecule has 0 radical (unpaired) electrons. The lowest BCUT2D eigenvalue weighted by molar-refractivity contribution is 0.339. The highest BCUT2D eigenvalue weighted by Gasteiger charge is 2.00. The maximum absolute atomic E-state index is 5.19. The molecule has 0 aliphatic heterocycles. The Morgan fingerprint density at radius 2 is 2.07 bits per heavy atom. The summed E-state index contributed by atoms with van der Waals surface area (Å²) in [7, 11) is 0. The zero-order valence-corrected chi connectivity index (χ0v) is 10.3. The monoisotopic (exact) mass is 270 g/mol. The van der Waals surface area contributed by atoms with Crippen LogP contribution in [-0.4, -0.2) is 11.7 Å². The second-order valence-corrected chi connectivity index (χ2v) is 3.85. The van der Waals surface area contributed by atoms with Gasteiger partial charge in [0.1, 0.15) is 0 Å². The Morgan fingerprint density at radius 1 is 1.43 bits per heavy atom. The van der Waals surface area contributed by atoms with Crippen molar-refractivity contribution >= 4 is 39.3 Å². The third-order valence-corrected chi connectivity index (χ3v) is 2.75. The van der Waals surface area contributed by atoms with Crippen molar-refractivity contribution in [2.45, 2.75) is 6.92 Å². The molecule has 1 aromatic carbocycles. The average Bonchev–Trinajstić information content (AvgIpc) is 2.19. The summed E-state index contributed by atoms with van der Waals surface area (Å²) in [6.07, 6.45) is 1.94. The Bertz CT molecular complexity index is 332. The number of thiocarbonyl (C=S) groups is 1. The molecule has 0 N–H and O–H groups in total. The van der Waals surface area contributed by atoms with E-state index in [0.29, 0.717) is 11.7 Å². The van der Waals surface area contributed by atoms with E-state index in [1.807, 2.05) is 43.3 Å². The van der Waals surface area contributed by atoms with Crippen molar-refractivity contribution in [2.75, 3.05) is 6.61 Å². The minimum Gasteiger partial charge on any atom is -0.483 e. The smallest absolute Gasteiger partial charge is 0.198 e. The van der Waals surface area contributed by atoms with Gasteiger partial charge in [0, 0.05) is 0 Å². The molecule has 0 aromatic heterocycles. The lowest BCUT2D eigenvalue weighted by atomic mass is 10.2. The van der Waals surface area contributed by atoms with E-state index in [4.69, 9.17) is 17.0 Å². The molecule has 0 spiro atoms. The molecule has 1 nitrogen and oxygen atoms in total. The molecular weight excluding hydrogens is 260 g/mol. The summed E-state index contributed by atoms with van der Waals surface area (Å²) in [5.41, 5.74) is 1.10. The number of rotatable bonds is 3. The van der Waals surface area contributed by atoms with Crippen LogP contribution >= 0.6 is 28.1 Å². The molecule has 14 heavy (non-hydrogen) atoms. The Labute approximate surface area is 97.9 Å². The van der Waals surface area contributed by atoms with Gasteiger partial charge in [-0.25, -0.2) is 0 Å². The van der Waals surface area contributed by atoms with Gasteiger partial charge in [-0.15, -0.1) is 0 Å².